The van der Waals surface area contributed by atoms with Gasteiger partial charge in [0.25, 0.3) is 0 Å². The Bertz CT molecular complexity index is 410. The van der Waals surface area contributed by atoms with Gasteiger partial charge in [-0.25, -0.2) is 4.79 Å². The minimum atomic E-state index is -0.984. The summed E-state index contributed by atoms with van der Waals surface area (Å²) >= 11 is 0. The Morgan fingerprint density at radius 1 is 1.37 bits per heavy atom. The van der Waals surface area contributed by atoms with Gasteiger partial charge in [0.15, 0.2) is 0 Å². The summed E-state index contributed by atoms with van der Waals surface area (Å²) in [5.41, 5.74) is 1.22. The van der Waals surface area contributed by atoms with Crippen molar-refractivity contribution in [3.8, 4) is 0 Å². The molecule has 1 heterocycles. The van der Waals surface area contributed by atoms with Gasteiger partial charge in [0.2, 0.25) is 0 Å². The molecule has 5 heteroatoms. The Morgan fingerprint density at radius 2 is 2.11 bits per heavy atom. The normalized spacial score (nSPS) is 23.4. The molecule has 0 aromatic heterocycles. The average Bonchev–Trinajstić information content (AvgIpc) is 2.80. The second kappa shape index (κ2) is 6.54. The number of hydrogen-bond acceptors (Lipinski definition) is 3. The molecule has 0 spiro atoms. The molecule has 2 rings (SSSR count). The van der Waals surface area contributed by atoms with Gasteiger partial charge < -0.3 is 15.5 Å². The summed E-state index contributed by atoms with van der Waals surface area (Å²) < 4.78 is 0. The summed E-state index contributed by atoms with van der Waals surface area (Å²) in [5, 5.41) is 20.5. The van der Waals surface area contributed by atoms with Crippen molar-refractivity contribution >= 4 is 6.09 Å². The molecule has 3 N–H and O–H groups in total. The summed E-state index contributed by atoms with van der Waals surface area (Å²) in [5.74, 6) is 0.275. The van der Waals surface area contributed by atoms with Crippen molar-refractivity contribution in [1.29, 1.82) is 0 Å². The van der Waals surface area contributed by atoms with Gasteiger partial charge in [-0.3, -0.25) is 4.90 Å². The number of aliphatic hydroxyl groups excluding tert-OH is 1. The van der Waals surface area contributed by atoms with Crippen LogP contribution in [0.2, 0.25) is 0 Å². The van der Waals surface area contributed by atoms with Gasteiger partial charge in [0.05, 0.1) is 6.61 Å². The molecule has 1 fully saturated rings. The van der Waals surface area contributed by atoms with E-state index in [4.69, 9.17) is 5.11 Å². The molecule has 2 unspecified atom stereocenters. The van der Waals surface area contributed by atoms with Crippen molar-refractivity contribution in [2.24, 2.45) is 5.92 Å². The Kier molecular flexibility index (Phi) is 4.76. The van der Waals surface area contributed by atoms with Crippen molar-refractivity contribution in [2.45, 2.75) is 19.0 Å². The number of nitrogens with zero attached hydrogens (tertiary/aromatic N) is 1. The highest BCUT2D eigenvalue weighted by Crippen LogP contribution is 2.24. The molecule has 5 nitrogen and oxygen atoms in total. The number of rotatable bonds is 5. The predicted molar refractivity (Wildman–Crippen MR) is 71.9 cm³/mol. The van der Waals surface area contributed by atoms with Gasteiger partial charge in [-0.1, -0.05) is 30.3 Å². The maximum Gasteiger partial charge on any atom is 0.404 e. The zero-order valence-corrected chi connectivity index (χ0v) is 10.8. The maximum absolute atomic E-state index is 10.5. The Hall–Kier alpha value is -1.59. The van der Waals surface area contributed by atoms with Crippen molar-refractivity contribution in [1.82, 2.24) is 10.2 Å². The quantitative estimate of drug-likeness (QED) is 0.745. The second-order valence-corrected chi connectivity index (χ2v) is 5.04. The highest BCUT2D eigenvalue weighted by Gasteiger charge is 2.31. The number of hydrogen-bond donors (Lipinski definition) is 3. The first kappa shape index (κ1) is 13.8. The fourth-order valence-electron chi connectivity index (χ4n) is 2.67. The van der Waals surface area contributed by atoms with Gasteiger partial charge >= 0.3 is 6.09 Å². The molecule has 1 aliphatic rings. The van der Waals surface area contributed by atoms with Gasteiger partial charge in [-0.15, -0.1) is 0 Å². The van der Waals surface area contributed by atoms with E-state index < -0.39 is 6.09 Å². The van der Waals surface area contributed by atoms with E-state index in [0.29, 0.717) is 6.54 Å². The molecule has 1 aromatic carbocycles. The molecule has 19 heavy (non-hydrogen) atoms. The number of amides is 1. The van der Waals surface area contributed by atoms with Crippen LogP contribution in [0.15, 0.2) is 30.3 Å². The summed E-state index contributed by atoms with van der Waals surface area (Å²) in [7, 11) is 0. The van der Waals surface area contributed by atoms with Crippen LogP contribution >= 0.6 is 0 Å². The summed E-state index contributed by atoms with van der Waals surface area (Å²) in [6.45, 7) is 2.20. The molecule has 0 bridgehead atoms. The van der Waals surface area contributed by atoms with E-state index in [9.17, 15) is 9.90 Å². The number of benzene rings is 1. The predicted octanol–water partition coefficient (Wildman–Crippen LogP) is 1.14. The van der Waals surface area contributed by atoms with E-state index in [2.05, 4.69) is 22.3 Å². The lowest BCUT2D eigenvalue weighted by molar-refractivity contribution is 0.153. The molecule has 2 atom stereocenters. The number of carboxylic acid groups (broad SMARTS) is 1. The maximum atomic E-state index is 10.5. The molecule has 1 aliphatic heterocycles. The van der Waals surface area contributed by atoms with Crippen molar-refractivity contribution < 1.29 is 15.0 Å². The van der Waals surface area contributed by atoms with Crippen LogP contribution in [-0.4, -0.2) is 46.9 Å². The topological polar surface area (TPSA) is 72.8 Å². The van der Waals surface area contributed by atoms with Crippen LogP contribution in [0.5, 0.6) is 0 Å². The molecule has 1 aromatic rings. The fourth-order valence-corrected chi connectivity index (χ4v) is 2.67. The van der Waals surface area contributed by atoms with E-state index in [-0.39, 0.29) is 18.6 Å². The molecule has 0 saturated carbocycles. The highest BCUT2D eigenvalue weighted by molar-refractivity contribution is 5.64. The zero-order valence-electron chi connectivity index (χ0n) is 10.8. The first-order chi connectivity index (χ1) is 9.19. The van der Waals surface area contributed by atoms with Crippen LogP contribution in [0.3, 0.4) is 0 Å². The van der Waals surface area contributed by atoms with E-state index in [1.54, 1.807) is 0 Å². The van der Waals surface area contributed by atoms with Gasteiger partial charge in [0, 0.05) is 25.7 Å². The van der Waals surface area contributed by atoms with Gasteiger partial charge in [-0.2, -0.15) is 0 Å². The fraction of sp³-hybridized carbons (Fsp3) is 0.500. The van der Waals surface area contributed by atoms with Crippen LogP contribution in [0.1, 0.15) is 12.0 Å². The Labute approximate surface area is 112 Å². The smallest absolute Gasteiger partial charge is 0.404 e. The van der Waals surface area contributed by atoms with Crippen LogP contribution in [0.25, 0.3) is 0 Å². The number of nitrogens with one attached hydrogen (secondary N) is 1. The number of carbonyl (C=O) groups is 1. The van der Waals surface area contributed by atoms with E-state index >= 15 is 0 Å². The average molecular weight is 264 g/mol. The standard InChI is InChI=1S/C14H20N2O3/c17-10-13-6-12(7-15-14(18)19)9-16(13)8-11-4-2-1-3-5-11/h1-5,12-13,15,17H,6-10H2,(H,18,19). The zero-order chi connectivity index (χ0) is 13.7. The van der Waals surface area contributed by atoms with Crippen LogP contribution in [0.4, 0.5) is 4.79 Å². The SMILES string of the molecule is O=C(O)NCC1CC(CO)N(Cc2ccccc2)C1. The molecule has 0 radical (unpaired) electrons. The number of aliphatic hydroxyl groups is 1. The van der Waals surface area contributed by atoms with Gasteiger partial charge in [-0.05, 0) is 17.9 Å². The number of likely N-dealkylation sites (tertiary alicyclic amines) is 1. The lowest BCUT2D eigenvalue weighted by Crippen LogP contribution is -2.32. The Balaban J connectivity index is 1.91. The largest absolute Gasteiger partial charge is 0.465 e. The lowest BCUT2D eigenvalue weighted by atomic mass is 10.1. The molecular formula is C14H20N2O3. The first-order valence-corrected chi connectivity index (χ1v) is 6.54. The van der Waals surface area contributed by atoms with Crippen molar-refractivity contribution in [3.63, 3.8) is 0 Å². The van der Waals surface area contributed by atoms with E-state index in [1.807, 2.05) is 18.2 Å². The summed E-state index contributed by atoms with van der Waals surface area (Å²) in [4.78, 5) is 12.7. The molecule has 104 valence electrons. The molecule has 1 saturated heterocycles. The molecule has 0 aliphatic carbocycles. The van der Waals surface area contributed by atoms with Gasteiger partial charge in [0.1, 0.15) is 0 Å². The second-order valence-electron chi connectivity index (χ2n) is 5.04. The van der Waals surface area contributed by atoms with Crippen molar-refractivity contribution in [3.05, 3.63) is 35.9 Å². The van der Waals surface area contributed by atoms with E-state index in [1.165, 1.54) is 5.56 Å². The molecule has 1 amide bonds. The van der Waals surface area contributed by atoms with Crippen LogP contribution in [0, 0.1) is 5.92 Å². The summed E-state index contributed by atoms with van der Waals surface area (Å²) in [6.07, 6.45) is -0.147. The van der Waals surface area contributed by atoms with Crippen LogP contribution in [-0.2, 0) is 6.54 Å². The monoisotopic (exact) mass is 264 g/mol. The molecular weight excluding hydrogens is 244 g/mol. The third-order valence-corrected chi connectivity index (χ3v) is 3.60. The van der Waals surface area contributed by atoms with E-state index in [0.717, 1.165) is 19.5 Å². The minimum Gasteiger partial charge on any atom is -0.465 e. The Morgan fingerprint density at radius 3 is 2.74 bits per heavy atom. The third-order valence-electron chi connectivity index (χ3n) is 3.60. The highest BCUT2D eigenvalue weighted by atomic mass is 16.4. The van der Waals surface area contributed by atoms with Crippen LogP contribution < -0.4 is 5.32 Å². The first-order valence-electron chi connectivity index (χ1n) is 6.54. The lowest BCUT2D eigenvalue weighted by Gasteiger charge is -2.22. The van der Waals surface area contributed by atoms with Crippen molar-refractivity contribution in [2.75, 3.05) is 19.7 Å². The summed E-state index contributed by atoms with van der Waals surface area (Å²) in [6, 6.07) is 10.2. The third kappa shape index (κ3) is 3.94. The minimum absolute atomic E-state index is 0.121.